The first-order valence-electron chi connectivity index (χ1n) is 5.54. The summed E-state index contributed by atoms with van der Waals surface area (Å²) in [5, 5.41) is 18.4. The van der Waals surface area contributed by atoms with Gasteiger partial charge in [0, 0.05) is 10.6 Å². The molecule has 17 heavy (non-hydrogen) atoms. The third-order valence-electron chi connectivity index (χ3n) is 2.03. The number of ether oxygens (including phenoxy) is 1. The van der Waals surface area contributed by atoms with E-state index in [2.05, 4.69) is 6.07 Å². The molecule has 1 N–H and O–H groups in total. The Labute approximate surface area is 106 Å². The lowest BCUT2D eigenvalue weighted by Gasteiger charge is -2.13. The number of hydrogen-bond donors (Lipinski definition) is 1. The fourth-order valence-corrected chi connectivity index (χ4v) is 2.07. The number of rotatable bonds is 6. The molecule has 0 aromatic heterocycles. The topological polar surface area (TPSA) is 53.2 Å². The molecule has 0 radical (unpaired) electrons. The number of thioether (sulfide) groups is 1. The van der Waals surface area contributed by atoms with Crippen LogP contribution in [-0.4, -0.2) is 29.7 Å². The smallest absolute Gasteiger partial charge is 0.0992 e. The quantitative estimate of drug-likeness (QED) is 0.789. The van der Waals surface area contributed by atoms with E-state index in [9.17, 15) is 5.11 Å². The Bertz CT molecular complexity index is 387. The minimum absolute atomic E-state index is 0.136. The zero-order chi connectivity index (χ0) is 12.7. The number of nitriles is 1. The third kappa shape index (κ3) is 5.73. The normalized spacial score (nSPS) is 12.4. The van der Waals surface area contributed by atoms with Gasteiger partial charge in [0.05, 0.1) is 30.4 Å². The predicted octanol–water partition coefficient (Wildman–Crippen LogP) is 2.44. The van der Waals surface area contributed by atoms with E-state index in [1.54, 1.807) is 6.07 Å². The van der Waals surface area contributed by atoms with Crippen molar-refractivity contribution in [3.63, 3.8) is 0 Å². The van der Waals surface area contributed by atoms with Gasteiger partial charge in [-0.3, -0.25) is 0 Å². The highest BCUT2D eigenvalue weighted by molar-refractivity contribution is 7.99. The molecule has 1 aromatic rings. The van der Waals surface area contributed by atoms with Crippen LogP contribution in [0.3, 0.4) is 0 Å². The summed E-state index contributed by atoms with van der Waals surface area (Å²) in [4.78, 5) is 0.993. The summed E-state index contributed by atoms with van der Waals surface area (Å²) in [6.45, 7) is 4.23. The van der Waals surface area contributed by atoms with Crippen LogP contribution in [0.5, 0.6) is 0 Å². The molecule has 0 amide bonds. The summed E-state index contributed by atoms with van der Waals surface area (Å²) in [5.41, 5.74) is 0.642. The molecule has 1 aromatic carbocycles. The molecule has 0 aliphatic rings. The van der Waals surface area contributed by atoms with E-state index in [-0.39, 0.29) is 6.10 Å². The molecule has 0 fully saturated rings. The second-order valence-electron chi connectivity index (χ2n) is 3.99. The summed E-state index contributed by atoms with van der Waals surface area (Å²) >= 11 is 1.53. The molecule has 0 bridgehead atoms. The van der Waals surface area contributed by atoms with Crippen molar-refractivity contribution in [1.29, 1.82) is 5.26 Å². The van der Waals surface area contributed by atoms with Crippen molar-refractivity contribution in [2.45, 2.75) is 31.0 Å². The molecule has 92 valence electrons. The fraction of sp³-hybridized carbons (Fsp3) is 0.462. The third-order valence-corrected chi connectivity index (χ3v) is 3.17. The van der Waals surface area contributed by atoms with E-state index in [1.165, 1.54) is 11.8 Å². The lowest BCUT2D eigenvalue weighted by atomic mass is 10.2. The Hall–Kier alpha value is -1.02. The van der Waals surface area contributed by atoms with Gasteiger partial charge in [-0.25, -0.2) is 0 Å². The number of benzene rings is 1. The molecule has 1 rings (SSSR count). The Morgan fingerprint density at radius 3 is 2.88 bits per heavy atom. The first-order valence-corrected chi connectivity index (χ1v) is 6.53. The van der Waals surface area contributed by atoms with Gasteiger partial charge in [-0.05, 0) is 32.0 Å². The lowest BCUT2D eigenvalue weighted by Crippen LogP contribution is -2.20. The van der Waals surface area contributed by atoms with Gasteiger partial charge in [-0.15, -0.1) is 11.8 Å². The molecule has 3 nitrogen and oxygen atoms in total. The number of aliphatic hydroxyl groups excluding tert-OH is 1. The molecular weight excluding hydrogens is 234 g/mol. The number of hydrogen-bond acceptors (Lipinski definition) is 4. The zero-order valence-electron chi connectivity index (χ0n) is 10.1. The van der Waals surface area contributed by atoms with Gasteiger partial charge in [0.1, 0.15) is 0 Å². The number of nitrogens with zero attached hydrogens (tertiary/aromatic N) is 1. The average molecular weight is 251 g/mol. The zero-order valence-corrected chi connectivity index (χ0v) is 10.9. The fourth-order valence-electron chi connectivity index (χ4n) is 1.20. The van der Waals surface area contributed by atoms with Crippen LogP contribution in [0.25, 0.3) is 0 Å². The first-order chi connectivity index (χ1) is 8.11. The van der Waals surface area contributed by atoms with E-state index < -0.39 is 6.10 Å². The molecule has 0 aliphatic carbocycles. The Morgan fingerprint density at radius 1 is 1.47 bits per heavy atom. The van der Waals surface area contributed by atoms with E-state index in [0.717, 1.165) is 4.90 Å². The van der Waals surface area contributed by atoms with E-state index in [4.69, 9.17) is 10.00 Å². The van der Waals surface area contributed by atoms with Crippen LogP contribution in [-0.2, 0) is 4.74 Å². The van der Waals surface area contributed by atoms with Gasteiger partial charge in [0.15, 0.2) is 0 Å². The van der Waals surface area contributed by atoms with Crippen molar-refractivity contribution in [2.75, 3.05) is 12.4 Å². The van der Waals surface area contributed by atoms with Crippen LogP contribution in [0, 0.1) is 11.3 Å². The summed E-state index contributed by atoms with van der Waals surface area (Å²) in [6.07, 6.45) is -0.343. The van der Waals surface area contributed by atoms with E-state index in [0.29, 0.717) is 17.9 Å². The predicted molar refractivity (Wildman–Crippen MR) is 69.0 cm³/mol. The lowest BCUT2D eigenvalue weighted by molar-refractivity contribution is 0.0152. The second-order valence-corrected chi connectivity index (χ2v) is 5.08. The molecule has 0 unspecified atom stereocenters. The Morgan fingerprint density at radius 2 is 2.24 bits per heavy atom. The van der Waals surface area contributed by atoms with Gasteiger partial charge in [-0.2, -0.15) is 5.26 Å². The van der Waals surface area contributed by atoms with Crippen molar-refractivity contribution in [2.24, 2.45) is 0 Å². The molecule has 1 atom stereocenters. The SMILES string of the molecule is CC(C)OC[C@H](O)CSc1cccc(C#N)c1. The van der Waals surface area contributed by atoms with Crippen molar-refractivity contribution >= 4 is 11.8 Å². The molecular formula is C13H17NO2S. The van der Waals surface area contributed by atoms with Crippen molar-refractivity contribution in [1.82, 2.24) is 0 Å². The van der Waals surface area contributed by atoms with Crippen LogP contribution in [0.1, 0.15) is 19.4 Å². The Balaban J connectivity index is 2.37. The maximum atomic E-state index is 9.68. The molecule has 0 aliphatic heterocycles. The van der Waals surface area contributed by atoms with Crippen LogP contribution in [0.15, 0.2) is 29.2 Å². The summed E-state index contributed by atoms with van der Waals surface area (Å²) in [5.74, 6) is 0.571. The van der Waals surface area contributed by atoms with Gasteiger partial charge in [0.25, 0.3) is 0 Å². The van der Waals surface area contributed by atoms with Gasteiger partial charge >= 0.3 is 0 Å². The van der Waals surface area contributed by atoms with Gasteiger partial charge < -0.3 is 9.84 Å². The molecule has 4 heteroatoms. The van der Waals surface area contributed by atoms with Crippen molar-refractivity contribution < 1.29 is 9.84 Å². The first kappa shape index (κ1) is 14.0. The standard InChI is InChI=1S/C13H17NO2S/c1-10(2)16-8-12(15)9-17-13-5-3-4-11(6-13)7-14/h3-6,10,12,15H,8-9H2,1-2H3/t12-/m0/s1. The van der Waals surface area contributed by atoms with Crippen LogP contribution < -0.4 is 0 Å². The highest BCUT2D eigenvalue weighted by Gasteiger charge is 2.06. The van der Waals surface area contributed by atoms with Crippen molar-refractivity contribution in [3.8, 4) is 6.07 Å². The number of aliphatic hydroxyl groups is 1. The van der Waals surface area contributed by atoms with E-state index in [1.807, 2.05) is 32.0 Å². The summed E-state index contributed by atoms with van der Waals surface area (Å²) < 4.78 is 5.32. The van der Waals surface area contributed by atoms with Gasteiger partial charge in [-0.1, -0.05) is 6.07 Å². The molecule has 0 heterocycles. The van der Waals surface area contributed by atoms with Crippen molar-refractivity contribution in [3.05, 3.63) is 29.8 Å². The monoisotopic (exact) mass is 251 g/mol. The Kier molecular flexibility index (Phi) is 6.06. The van der Waals surface area contributed by atoms with Gasteiger partial charge in [0.2, 0.25) is 0 Å². The summed E-state index contributed by atoms with van der Waals surface area (Å²) in [7, 11) is 0. The second kappa shape index (κ2) is 7.33. The molecule has 0 saturated carbocycles. The van der Waals surface area contributed by atoms with Crippen LogP contribution in [0.2, 0.25) is 0 Å². The summed E-state index contributed by atoms with van der Waals surface area (Å²) in [6, 6.07) is 9.46. The highest BCUT2D eigenvalue weighted by Crippen LogP contribution is 2.19. The average Bonchev–Trinajstić information content (AvgIpc) is 2.34. The highest BCUT2D eigenvalue weighted by atomic mass is 32.2. The van der Waals surface area contributed by atoms with Crippen LogP contribution in [0.4, 0.5) is 0 Å². The van der Waals surface area contributed by atoms with E-state index >= 15 is 0 Å². The minimum Gasteiger partial charge on any atom is -0.390 e. The minimum atomic E-state index is -0.479. The van der Waals surface area contributed by atoms with Crippen LogP contribution >= 0.6 is 11.8 Å². The molecule has 0 spiro atoms. The maximum Gasteiger partial charge on any atom is 0.0992 e. The largest absolute Gasteiger partial charge is 0.390 e. The molecule has 0 saturated heterocycles. The maximum absolute atomic E-state index is 9.68.